The Balaban J connectivity index is 1.18. The summed E-state index contributed by atoms with van der Waals surface area (Å²) in [7, 11) is 0. The van der Waals surface area contributed by atoms with Gasteiger partial charge in [0.2, 0.25) is 5.91 Å². The van der Waals surface area contributed by atoms with Crippen molar-refractivity contribution < 1.29 is 24.2 Å². The summed E-state index contributed by atoms with van der Waals surface area (Å²) in [6.45, 7) is 0.205. The summed E-state index contributed by atoms with van der Waals surface area (Å²) in [6.07, 6.45) is 4.52. The van der Waals surface area contributed by atoms with Crippen LogP contribution < -0.4 is 10.6 Å². The predicted molar refractivity (Wildman–Crippen MR) is 131 cm³/mol. The maximum atomic E-state index is 13.0. The summed E-state index contributed by atoms with van der Waals surface area (Å²) in [5, 5.41) is 14.9. The highest BCUT2D eigenvalue weighted by atomic mass is 16.5. The molecule has 0 radical (unpaired) electrons. The van der Waals surface area contributed by atoms with Crippen molar-refractivity contribution in [1.29, 1.82) is 0 Å². The first-order valence-electron chi connectivity index (χ1n) is 12.6. The summed E-state index contributed by atoms with van der Waals surface area (Å²) in [5.41, 5.74) is 4.62. The van der Waals surface area contributed by atoms with E-state index in [1.165, 1.54) is 11.1 Å². The summed E-state index contributed by atoms with van der Waals surface area (Å²) in [5.74, 6) is -0.497. The van der Waals surface area contributed by atoms with Gasteiger partial charge in [0.25, 0.3) is 0 Å². The molecule has 2 saturated carbocycles. The maximum absolute atomic E-state index is 13.0. The molecule has 3 unspecified atom stereocenters. The highest BCUT2D eigenvalue weighted by Crippen LogP contribution is 2.44. The summed E-state index contributed by atoms with van der Waals surface area (Å²) in [4.78, 5) is 36.8. The molecule has 0 spiro atoms. The number of carboxylic acids is 1. The third kappa shape index (κ3) is 5.50. The Kier molecular flexibility index (Phi) is 6.75. The van der Waals surface area contributed by atoms with Gasteiger partial charge in [-0.3, -0.25) is 9.59 Å². The Morgan fingerprint density at radius 3 is 2.17 bits per heavy atom. The normalized spacial score (nSPS) is 21.6. The van der Waals surface area contributed by atoms with Crippen molar-refractivity contribution in [3.8, 4) is 11.1 Å². The van der Waals surface area contributed by atoms with Gasteiger partial charge in [0.1, 0.15) is 12.6 Å². The third-order valence-corrected chi connectivity index (χ3v) is 7.57. The van der Waals surface area contributed by atoms with E-state index in [-0.39, 0.29) is 36.8 Å². The number of carbonyl (C=O) groups is 3. The molecule has 3 N–H and O–H groups in total. The fourth-order valence-corrected chi connectivity index (χ4v) is 5.64. The SMILES string of the molecule is O=C(O)CC1CCC(NC(=O)C(CC2CC2)NC(=O)OCC2c3ccccc3-c3ccccc32)C1. The number of ether oxygens (including phenoxy) is 1. The fourth-order valence-electron chi connectivity index (χ4n) is 5.64. The lowest BCUT2D eigenvalue weighted by atomic mass is 9.98. The largest absolute Gasteiger partial charge is 0.481 e. The zero-order valence-corrected chi connectivity index (χ0v) is 19.7. The fraction of sp³-hybridized carbons (Fsp3) is 0.464. The number of carbonyl (C=O) groups excluding carboxylic acids is 2. The quantitative estimate of drug-likeness (QED) is 0.496. The van der Waals surface area contributed by atoms with Crippen LogP contribution in [0.2, 0.25) is 0 Å². The minimum absolute atomic E-state index is 0.0338. The predicted octanol–water partition coefficient (Wildman–Crippen LogP) is 4.45. The lowest BCUT2D eigenvalue weighted by Crippen LogP contribution is -2.49. The van der Waals surface area contributed by atoms with Crippen molar-refractivity contribution in [2.45, 2.75) is 62.9 Å². The van der Waals surface area contributed by atoms with E-state index in [1.807, 2.05) is 24.3 Å². The second kappa shape index (κ2) is 10.1. The van der Waals surface area contributed by atoms with E-state index in [0.717, 1.165) is 36.8 Å². The first-order valence-corrected chi connectivity index (χ1v) is 12.6. The molecular weight excluding hydrogens is 444 g/mol. The van der Waals surface area contributed by atoms with E-state index >= 15 is 0 Å². The van der Waals surface area contributed by atoms with Gasteiger partial charge in [-0.2, -0.15) is 0 Å². The number of carboxylic acid groups (broad SMARTS) is 1. The van der Waals surface area contributed by atoms with Gasteiger partial charge in [-0.1, -0.05) is 61.4 Å². The molecule has 2 fully saturated rings. The highest BCUT2D eigenvalue weighted by Gasteiger charge is 2.34. The molecule has 3 aliphatic carbocycles. The molecule has 7 nitrogen and oxygen atoms in total. The van der Waals surface area contributed by atoms with Crippen LogP contribution in [0.5, 0.6) is 0 Å². The van der Waals surface area contributed by atoms with E-state index in [1.54, 1.807) is 0 Å². The number of alkyl carbamates (subject to hydrolysis) is 1. The molecule has 0 heterocycles. The first kappa shape index (κ1) is 23.4. The average Bonchev–Trinajstić information content (AvgIpc) is 3.47. The number of hydrogen-bond donors (Lipinski definition) is 3. The van der Waals surface area contributed by atoms with Gasteiger partial charge in [-0.05, 0) is 59.8 Å². The lowest BCUT2D eigenvalue weighted by Gasteiger charge is -2.22. The molecule has 5 rings (SSSR count). The Labute approximate surface area is 205 Å². The topological polar surface area (TPSA) is 105 Å². The number of nitrogens with one attached hydrogen (secondary N) is 2. The number of aliphatic carboxylic acids is 1. The van der Waals surface area contributed by atoms with Crippen molar-refractivity contribution >= 4 is 18.0 Å². The minimum Gasteiger partial charge on any atom is -0.481 e. The Morgan fingerprint density at radius 1 is 0.914 bits per heavy atom. The van der Waals surface area contributed by atoms with Gasteiger partial charge >= 0.3 is 12.1 Å². The van der Waals surface area contributed by atoms with Crippen LogP contribution in [0.3, 0.4) is 0 Å². The summed E-state index contributed by atoms with van der Waals surface area (Å²) in [6, 6.07) is 15.7. The number of rotatable bonds is 9. The van der Waals surface area contributed by atoms with Crippen molar-refractivity contribution in [3.63, 3.8) is 0 Å². The van der Waals surface area contributed by atoms with Crippen LogP contribution in [0, 0.1) is 11.8 Å². The Hall–Kier alpha value is -3.35. The van der Waals surface area contributed by atoms with Gasteiger partial charge in [0, 0.05) is 18.4 Å². The Bertz CT molecular complexity index is 1070. The minimum atomic E-state index is -0.800. The zero-order chi connectivity index (χ0) is 24.4. The standard InChI is InChI=1S/C28H32N2O5/c31-26(32)15-18-11-12-19(13-18)29-27(33)25(14-17-9-10-17)30-28(34)35-16-24-22-7-3-1-5-20(22)21-6-2-4-8-23(21)24/h1-8,17-19,24-25H,9-16H2,(H,29,33)(H,30,34)(H,31,32). The van der Waals surface area contributed by atoms with E-state index in [2.05, 4.69) is 34.9 Å². The molecule has 0 aromatic heterocycles. The zero-order valence-electron chi connectivity index (χ0n) is 19.7. The average molecular weight is 477 g/mol. The van der Waals surface area contributed by atoms with Crippen molar-refractivity contribution in [1.82, 2.24) is 10.6 Å². The van der Waals surface area contributed by atoms with E-state index in [9.17, 15) is 14.4 Å². The van der Waals surface area contributed by atoms with Crippen LogP contribution in [-0.4, -0.2) is 41.8 Å². The van der Waals surface area contributed by atoms with Gasteiger partial charge < -0.3 is 20.5 Å². The van der Waals surface area contributed by atoms with Gasteiger partial charge in [0.05, 0.1) is 0 Å². The maximum Gasteiger partial charge on any atom is 0.407 e. The molecule has 0 aliphatic heterocycles. The van der Waals surface area contributed by atoms with Crippen molar-refractivity contribution in [3.05, 3.63) is 59.7 Å². The van der Waals surface area contributed by atoms with Gasteiger partial charge in [-0.15, -0.1) is 0 Å². The van der Waals surface area contributed by atoms with Crippen LogP contribution in [0.25, 0.3) is 11.1 Å². The number of fused-ring (bicyclic) bond motifs is 3. The molecule has 2 amide bonds. The second-order valence-electron chi connectivity index (χ2n) is 10.2. The molecule has 184 valence electrons. The molecule has 7 heteroatoms. The number of amides is 2. The summed E-state index contributed by atoms with van der Waals surface area (Å²) >= 11 is 0. The summed E-state index contributed by atoms with van der Waals surface area (Å²) < 4.78 is 5.66. The molecule has 3 atom stereocenters. The molecule has 2 aromatic carbocycles. The van der Waals surface area contributed by atoms with Crippen LogP contribution in [0.4, 0.5) is 4.79 Å². The highest BCUT2D eigenvalue weighted by molar-refractivity contribution is 5.86. The van der Waals surface area contributed by atoms with E-state index in [0.29, 0.717) is 18.8 Å². The number of hydrogen-bond acceptors (Lipinski definition) is 4. The molecule has 0 bridgehead atoms. The van der Waals surface area contributed by atoms with Crippen LogP contribution >= 0.6 is 0 Å². The van der Waals surface area contributed by atoms with Gasteiger partial charge in [-0.25, -0.2) is 4.79 Å². The van der Waals surface area contributed by atoms with Crippen molar-refractivity contribution in [2.24, 2.45) is 11.8 Å². The monoisotopic (exact) mass is 476 g/mol. The third-order valence-electron chi connectivity index (χ3n) is 7.57. The van der Waals surface area contributed by atoms with E-state index < -0.39 is 18.1 Å². The Morgan fingerprint density at radius 2 is 1.54 bits per heavy atom. The molecule has 35 heavy (non-hydrogen) atoms. The molecule has 3 aliphatic rings. The lowest BCUT2D eigenvalue weighted by molar-refractivity contribution is -0.138. The van der Waals surface area contributed by atoms with Gasteiger partial charge in [0.15, 0.2) is 0 Å². The number of benzene rings is 2. The second-order valence-corrected chi connectivity index (χ2v) is 10.2. The van der Waals surface area contributed by atoms with Crippen LogP contribution in [-0.2, 0) is 14.3 Å². The first-order chi connectivity index (χ1) is 17.0. The molecule has 2 aromatic rings. The smallest absolute Gasteiger partial charge is 0.407 e. The van der Waals surface area contributed by atoms with Crippen LogP contribution in [0.15, 0.2) is 48.5 Å². The van der Waals surface area contributed by atoms with E-state index in [4.69, 9.17) is 9.84 Å². The van der Waals surface area contributed by atoms with Crippen LogP contribution in [0.1, 0.15) is 62.0 Å². The van der Waals surface area contributed by atoms with Crippen molar-refractivity contribution in [2.75, 3.05) is 6.61 Å². The molecular formula is C28H32N2O5. The molecule has 0 saturated heterocycles.